The first-order chi connectivity index (χ1) is 10.2. The molecule has 1 N–H and O–H groups in total. The van der Waals surface area contributed by atoms with Crippen molar-refractivity contribution in [2.45, 2.75) is 13.5 Å². The Morgan fingerprint density at radius 1 is 1.14 bits per heavy atom. The first-order valence-corrected chi connectivity index (χ1v) is 7.61. The van der Waals surface area contributed by atoms with Gasteiger partial charge in [-0.3, -0.25) is 0 Å². The topological polar surface area (TPSA) is 29.9 Å². The van der Waals surface area contributed by atoms with Crippen LogP contribution in [-0.2, 0) is 6.54 Å². The molecule has 0 fully saturated rings. The maximum absolute atomic E-state index is 4.30. The minimum Gasteiger partial charge on any atom is -0.379 e. The number of hydrogen-bond acceptors (Lipinski definition) is 2. The summed E-state index contributed by atoms with van der Waals surface area (Å²) < 4.78 is 3.01. The molecule has 0 unspecified atom stereocenters. The van der Waals surface area contributed by atoms with E-state index in [1.165, 1.54) is 11.1 Å². The zero-order chi connectivity index (χ0) is 14.7. The Morgan fingerprint density at radius 3 is 2.76 bits per heavy atom. The van der Waals surface area contributed by atoms with Gasteiger partial charge in [0.1, 0.15) is 0 Å². The minimum absolute atomic E-state index is 0.784. The third-order valence-corrected chi connectivity index (χ3v) is 4.25. The third-order valence-electron chi connectivity index (χ3n) is 3.36. The molecule has 4 heteroatoms. The number of nitrogens with zero attached hydrogens (tertiary/aromatic N) is 2. The molecule has 0 amide bonds. The van der Waals surface area contributed by atoms with Crippen LogP contribution in [0.4, 0.5) is 5.69 Å². The van der Waals surface area contributed by atoms with E-state index in [2.05, 4.69) is 63.6 Å². The molecule has 3 rings (SSSR count). The molecule has 3 aromatic rings. The number of rotatable bonds is 4. The molecule has 0 saturated carbocycles. The van der Waals surface area contributed by atoms with Crippen LogP contribution in [0.2, 0.25) is 0 Å². The molecule has 0 bridgehead atoms. The fourth-order valence-corrected chi connectivity index (χ4v) is 2.49. The zero-order valence-corrected chi connectivity index (χ0v) is 13.3. The van der Waals surface area contributed by atoms with Crippen LogP contribution in [0.5, 0.6) is 0 Å². The number of para-hydroxylation sites is 2. The number of nitrogens with one attached hydrogen (secondary N) is 1. The van der Waals surface area contributed by atoms with Crippen molar-refractivity contribution in [2.75, 3.05) is 5.32 Å². The molecule has 3 nitrogen and oxygen atoms in total. The first kappa shape index (κ1) is 13.9. The molecule has 0 aliphatic heterocycles. The van der Waals surface area contributed by atoms with Crippen molar-refractivity contribution in [1.82, 2.24) is 9.78 Å². The minimum atomic E-state index is 0.784. The fourth-order valence-electron chi connectivity index (χ4n) is 2.25. The smallest absolute Gasteiger partial charge is 0.0876 e. The van der Waals surface area contributed by atoms with Crippen LogP contribution in [-0.4, -0.2) is 9.78 Å². The van der Waals surface area contributed by atoms with Gasteiger partial charge in [-0.15, -0.1) is 0 Å². The predicted octanol–water partition coefficient (Wildman–Crippen LogP) is 4.56. The van der Waals surface area contributed by atoms with Crippen molar-refractivity contribution in [3.8, 4) is 5.69 Å². The monoisotopic (exact) mass is 341 g/mol. The molecular weight excluding hydrogens is 326 g/mol. The van der Waals surface area contributed by atoms with E-state index in [1.807, 2.05) is 29.1 Å². The van der Waals surface area contributed by atoms with Crippen LogP contribution in [0, 0.1) is 6.92 Å². The van der Waals surface area contributed by atoms with Gasteiger partial charge < -0.3 is 5.32 Å². The van der Waals surface area contributed by atoms with Crippen molar-refractivity contribution in [2.24, 2.45) is 0 Å². The van der Waals surface area contributed by atoms with E-state index in [1.54, 1.807) is 6.20 Å². The SMILES string of the molecule is Cc1cc(CNc2ccccc2-n2cccn2)ccc1Br. The maximum Gasteiger partial charge on any atom is 0.0876 e. The van der Waals surface area contributed by atoms with Gasteiger partial charge in [0, 0.05) is 23.4 Å². The van der Waals surface area contributed by atoms with Crippen LogP contribution >= 0.6 is 15.9 Å². The van der Waals surface area contributed by atoms with Crippen LogP contribution in [0.25, 0.3) is 5.69 Å². The predicted molar refractivity (Wildman–Crippen MR) is 89.8 cm³/mol. The molecule has 1 heterocycles. The highest BCUT2D eigenvalue weighted by Crippen LogP contribution is 2.21. The van der Waals surface area contributed by atoms with Gasteiger partial charge in [-0.2, -0.15) is 5.10 Å². The largest absolute Gasteiger partial charge is 0.379 e. The van der Waals surface area contributed by atoms with E-state index < -0.39 is 0 Å². The second-order valence-corrected chi connectivity index (χ2v) is 5.76. The summed E-state index contributed by atoms with van der Waals surface area (Å²) in [4.78, 5) is 0. The maximum atomic E-state index is 4.30. The Hall–Kier alpha value is -2.07. The standard InChI is InChI=1S/C17H16BrN3/c1-13-11-14(7-8-15(13)18)12-19-16-5-2-3-6-17(16)21-10-4-9-20-21/h2-11,19H,12H2,1H3. The lowest BCUT2D eigenvalue weighted by Crippen LogP contribution is -2.05. The highest BCUT2D eigenvalue weighted by molar-refractivity contribution is 9.10. The Bertz CT molecular complexity index is 736. The van der Waals surface area contributed by atoms with Crippen molar-refractivity contribution < 1.29 is 0 Å². The zero-order valence-electron chi connectivity index (χ0n) is 11.8. The lowest BCUT2D eigenvalue weighted by Gasteiger charge is -2.12. The number of anilines is 1. The number of benzene rings is 2. The lowest BCUT2D eigenvalue weighted by atomic mass is 10.1. The lowest BCUT2D eigenvalue weighted by molar-refractivity contribution is 0.879. The number of aryl methyl sites for hydroxylation is 1. The van der Waals surface area contributed by atoms with Crippen LogP contribution in [0.15, 0.2) is 65.4 Å². The second-order valence-electron chi connectivity index (χ2n) is 4.90. The van der Waals surface area contributed by atoms with Gasteiger partial charge >= 0.3 is 0 Å². The van der Waals surface area contributed by atoms with Gasteiger partial charge in [0.15, 0.2) is 0 Å². The van der Waals surface area contributed by atoms with Crippen LogP contribution in [0.3, 0.4) is 0 Å². The van der Waals surface area contributed by atoms with E-state index in [-0.39, 0.29) is 0 Å². The summed E-state index contributed by atoms with van der Waals surface area (Å²) in [5.41, 5.74) is 4.62. The highest BCUT2D eigenvalue weighted by atomic mass is 79.9. The fraction of sp³-hybridized carbons (Fsp3) is 0.118. The molecular formula is C17H16BrN3. The summed E-state index contributed by atoms with van der Waals surface area (Å²) in [6, 6.07) is 16.5. The van der Waals surface area contributed by atoms with Crippen LogP contribution in [0.1, 0.15) is 11.1 Å². The summed E-state index contributed by atoms with van der Waals surface area (Å²) in [7, 11) is 0. The Balaban J connectivity index is 1.81. The summed E-state index contributed by atoms with van der Waals surface area (Å²) in [6.07, 6.45) is 3.74. The van der Waals surface area contributed by atoms with E-state index in [4.69, 9.17) is 0 Å². The summed E-state index contributed by atoms with van der Waals surface area (Å²) in [5, 5.41) is 7.79. The van der Waals surface area contributed by atoms with Crippen molar-refractivity contribution >= 4 is 21.6 Å². The quantitative estimate of drug-likeness (QED) is 0.754. The molecule has 0 atom stereocenters. The molecule has 1 aromatic heterocycles. The normalized spacial score (nSPS) is 10.6. The highest BCUT2D eigenvalue weighted by Gasteiger charge is 2.04. The molecule has 21 heavy (non-hydrogen) atoms. The molecule has 0 spiro atoms. The van der Waals surface area contributed by atoms with Gasteiger partial charge in [-0.25, -0.2) is 4.68 Å². The van der Waals surface area contributed by atoms with E-state index in [0.29, 0.717) is 0 Å². The second kappa shape index (κ2) is 6.14. The molecule has 0 radical (unpaired) electrons. The third kappa shape index (κ3) is 3.16. The summed E-state index contributed by atoms with van der Waals surface area (Å²) in [5.74, 6) is 0. The van der Waals surface area contributed by atoms with Crippen LogP contribution < -0.4 is 5.32 Å². The molecule has 106 valence electrons. The van der Waals surface area contributed by atoms with Gasteiger partial charge in [0.05, 0.1) is 11.4 Å². The average Bonchev–Trinajstić information content (AvgIpc) is 3.03. The van der Waals surface area contributed by atoms with Gasteiger partial charge in [0.25, 0.3) is 0 Å². The summed E-state index contributed by atoms with van der Waals surface area (Å²) >= 11 is 3.53. The molecule has 0 saturated heterocycles. The molecule has 0 aliphatic carbocycles. The van der Waals surface area contributed by atoms with Crippen molar-refractivity contribution in [1.29, 1.82) is 0 Å². The van der Waals surface area contributed by atoms with E-state index >= 15 is 0 Å². The van der Waals surface area contributed by atoms with Crippen molar-refractivity contribution in [3.63, 3.8) is 0 Å². The Kier molecular flexibility index (Phi) is 4.06. The average molecular weight is 342 g/mol. The molecule has 0 aliphatic rings. The van der Waals surface area contributed by atoms with Gasteiger partial charge in [0.2, 0.25) is 0 Å². The van der Waals surface area contributed by atoms with Gasteiger partial charge in [-0.05, 0) is 42.3 Å². The molecule has 2 aromatic carbocycles. The number of halogens is 1. The van der Waals surface area contributed by atoms with E-state index in [9.17, 15) is 0 Å². The Morgan fingerprint density at radius 2 is 2.00 bits per heavy atom. The van der Waals surface area contributed by atoms with Gasteiger partial charge in [-0.1, -0.05) is 40.2 Å². The Labute approximate surface area is 132 Å². The number of aromatic nitrogens is 2. The summed E-state index contributed by atoms with van der Waals surface area (Å²) in [6.45, 7) is 2.89. The van der Waals surface area contributed by atoms with E-state index in [0.717, 1.165) is 22.4 Å². The van der Waals surface area contributed by atoms with Crippen molar-refractivity contribution in [3.05, 3.63) is 76.5 Å². The number of hydrogen-bond donors (Lipinski definition) is 1. The first-order valence-electron chi connectivity index (χ1n) is 6.82.